The van der Waals surface area contributed by atoms with E-state index in [1.54, 1.807) is 12.1 Å². The molecule has 0 fully saturated rings. The van der Waals surface area contributed by atoms with Crippen molar-refractivity contribution >= 4 is 15.9 Å². The van der Waals surface area contributed by atoms with Gasteiger partial charge in [0.15, 0.2) is 15.6 Å². The van der Waals surface area contributed by atoms with Crippen molar-refractivity contribution in [2.75, 3.05) is 12.0 Å². The molecule has 1 heterocycles. The molecule has 0 aliphatic rings. The van der Waals surface area contributed by atoms with Crippen LogP contribution < -0.4 is 5.73 Å². The summed E-state index contributed by atoms with van der Waals surface area (Å²) in [6.45, 7) is 0. The van der Waals surface area contributed by atoms with Gasteiger partial charge in [-0.25, -0.2) is 13.4 Å². The highest BCUT2D eigenvalue weighted by Gasteiger charge is 2.08. The van der Waals surface area contributed by atoms with Crippen LogP contribution in [-0.2, 0) is 9.84 Å². The molecule has 0 saturated heterocycles. The van der Waals surface area contributed by atoms with Crippen LogP contribution in [0.3, 0.4) is 0 Å². The van der Waals surface area contributed by atoms with Crippen LogP contribution in [-0.4, -0.2) is 19.7 Å². The van der Waals surface area contributed by atoms with Gasteiger partial charge in [0.25, 0.3) is 6.01 Å². The highest BCUT2D eigenvalue weighted by atomic mass is 32.2. The Morgan fingerprint density at radius 1 is 1.25 bits per heavy atom. The largest absolute Gasteiger partial charge is 0.424 e. The van der Waals surface area contributed by atoms with Gasteiger partial charge in [-0.2, -0.15) is 0 Å². The highest BCUT2D eigenvalue weighted by molar-refractivity contribution is 7.90. The first-order valence-electron chi connectivity index (χ1n) is 4.48. The zero-order valence-corrected chi connectivity index (χ0v) is 9.36. The molecular formula is C10H10N2O3S. The van der Waals surface area contributed by atoms with Crippen molar-refractivity contribution in [3.63, 3.8) is 0 Å². The number of hydrogen-bond donors (Lipinski definition) is 1. The Morgan fingerprint density at radius 2 is 1.88 bits per heavy atom. The van der Waals surface area contributed by atoms with Crippen LogP contribution >= 0.6 is 0 Å². The Labute approximate surface area is 92.8 Å². The van der Waals surface area contributed by atoms with Gasteiger partial charge in [0.1, 0.15) is 0 Å². The van der Waals surface area contributed by atoms with E-state index in [2.05, 4.69) is 4.98 Å². The molecule has 1 aromatic heterocycles. The quantitative estimate of drug-likeness (QED) is 0.852. The number of hydrogen-bond acceptors (Lipinski definition) is 5. The Kier molecular flexibility index (Phi) is 2.43. The van der Waals surface area contributed by atoms with Crippen molar-refractivity contribution in [3.05, 3.63) is 30.5 Å². The minimum Gasteiger partial charge on any atom is -0.424 e. The molecule has 84 valence electrons. The zero-order valence-electron chi connectivity index (χ0n) is 8.54. The molecule has 0 saturated carbocycles. The third-order valence-electron chi connectivity index (χ3n) is 2.09. The normalized spacial score (nSPS) is 11.6. The number of rotatable bonds is 2. The van der Waals surface area contributed by atoms with Gasteiger partial charge >= 0.3 is 0 Å². The lowest BCUT2D eigenvalue weighted by molar-refractivity contribution is 0.594. The Bertz CT molecular complexity index is 599. The summed E-state index contributed by atoms with van der Waals surface area (Å²) in [5.74, 6) is 0.512. The number of benzene rings is 1. The smallest absolute Gasteiger partial charge is 0.292 e. The second-order valence-corrected chi connectivity index (χ2v) is 5.38. The van der Waals surface area contributed by atoms with Gasteiger partial charge in [-0.05, 0) is 24.3 Å². The SMILES string of the molecule is CS(=O)(=O)c1ccc(-c2cnc(N)o2)cc1. The van der Waals surface area contributed by atoms with E-state index in [0.29, 0.717) is 5.76 Å². The number of sulfone groups is 1. The molecule has 0 amide bonds. The minimum atomic E-state index is -3.17. The summed E-state index contributed by atoms with van der Waals surface area (Å²) in [7, 11) is -3.17. The van der Waals surface area contributed by atoms with Crippen molar-refractivity contribution in [3.8, 4) is 11.3 Å². The molecule has 0 unspecified atom stereocenters. The number of nitrogens with zero attached hydrogens (tertiary/aromatic N) is 1. The molecule has 16 heavy (non-hydrogen) atoms. The van der Waals surface area contributed by atoms with Crippen LogP contribution in [0.1, 0.15) is 0 Å². The van der Waals surface area contributed by atoms with Crippen LogP contribution in [0.15, 0.2) is 39.8 Å². The second kappa shape index (κ2) is 3.64. The summed E-state index contributed by atoms with van der Waals surface area (Å²) in [4.78, 5) is 4.02. The number of nitrogen functional groups attached to an aromatic ring is 1. The molecule has 0 radical (unpaired) electrons. The van der Waals surface area contributed by atoms with Gasteiger partial charge in [-0.3, -0.25) is 0 Å². The van der Waals surface area contributed by atoms with Crippen molar-refractivity contribution in [2.24, 2.45) is 0 Å². The fourth-order valence-electron chi connectivity index (χ4n) is 1.29. The minimum absolute atomic E-state index is 0.0854. The number of aromatic nitrogens is 1. The predicted molar refractivity (Wildman–Crippen MR) is 59.5 cm³/mol. The number of anilines is 1. The summed E-state index contributed by atoms with van der Waals surface area (Å²) in [5, 5.41) is 0. The molecule has 1 aromatic carbocycles. The van der Waals surface area contributed by atoms with Gasteiger partial charge < -0.3 is 10.2 Å². The number of nitrogens with two attached hydrogens (primary N) is 1. The first kappa shape index (κ1) is 10.7. The molecule has 0 spiro atoms. The molecule has 0 aliphatic carbocycles. The van der Waals surface area contributed by atoms with E-state index in [-0.39, 0.29) is 10.9 Å². The Hall–Kier alpha value is -1.82. The fourth-order valence-corrected chi connectivity index (χ4v) is 1.92. The first-order chi connectivity index (χ1) is 7.47. The van der Waals surface area contributed by atoms with Crippen LogP contribution in [0.4, 0.5) is 6.01 Å². The topological polar surface area (TPSA) is 86.2 Å². The van der Waals surface area contributed by atoms with Gasteiger partial charge in [0, 0.05) is 11.8 Å². The molecular weight excluding hydrogens is 228 g/mol. The van der Waals surface area contributed by atoms with Crippen LogP contribution in [0.5, 0.6) is 0 Å². The standard InChI is InChI=1S/C10H10N2O3S/c1-16(13,14)8-4-2-7(3-5-8)9-6-12-10(11)15-9/h2-6H,1H3,(H2,11,12). The average Bonchev–Trinajstić information content (AvgIpc) is 2.64. The van der Waals surface area contributed by atoms with Crippen molar-refractivity contribution in [2.45, 2.75) is 4.90 Å². The maximum Gasteiger partial charge on any atom is 0.292 e. The monoisotopic (exact) mass is 238 g/mol. The van der Waals surface area contributed by atoms with Crippen LogP contribution in [0.2, 0.25) is 0 Å². The van der Waals surface area contributed by atoms with E-state index < -0.39 is 9.84 Å². The maximum atomic E-state index is 11.2. The fraction of sp³-hybridized carbons (Fsp3) is 0.100. The Balaban J connectivity index is 2.40. The van der Waals surface area contributed by atoms with E-state index in [0.717, 1.165) is 11.8 Å². The molecule has 0 atom stereocenters. The van der Waals surface area contributed by atoms with E-state index in [4.69, 9.17) is 10.2 Å². The summed E-state index contributed by atoms with van der Waals surface area (Å²) >= 11 is 0. The molecule has 5 nitrogen and oxygen atoms in total. The van der Waals surface area contributed by atoms with Crippen molar-refractivity contribution < 1.29 is 12.8 Å². The van der Waals surface area contributed by atoms with Crippen LogP contribution in [0.25, 0.3) is 11.3 Å². The average molecular weight is 238 g/mol. The third kappa shape index (κ3) is 2.06. The summed E-state index contributed by atoms with van der Waals surface area (Å²) < 4.78 is 27.6. The summed E-state index contributed by atoms with van der Waals surface area (Å²) in [6.07, 6.45) is 2.65. The molecule has 2 aromatic rings. The molecule has 0 bridgehead atoms. The molecule has 2 N–H and O–H groups in total. The van der Waals surface area contributed by atoms with E-state index in [1.807, 2.05) is 0 Å². The van der Waals surface area contributed by atoms with E-state index in [9.17, 15) is 8.42 Å². The lowest BCUT2D eigenvalue weighted by Gasteiger charge is -1.99. The molecule has 6 heteroatoms. The number of oxazole rings is 1. The van der Waals surface area contributed by atoms with Gasteiger partial charge in [0.05, 0.1) is 11.1 Å². The van der Waals surface area contributed by atoms with E-state index in [1.165, 1.54) is 18.3 Å². The highest BCUT2D eigenvalue weighted by Crippen LogP contribution is 2.22. The second-order valence-electron chi connectivity index (χ2n) is 3.36. The summed E-state index contributed by atoms with van der Waals surface area (Å²) in [6, 6.07) is 6.42. The van der Waals surface area contributed by atoms with Crippen LogP contribution in [0, 0.1) is 0 Å². The van der Waals surface area contributed by atoms with Gasteiger partial charge in [-0.1, -0.05) is 0 Å². The van der Waals surface area contributed by atoms with Gasteiger partial charge in [-0.15, -0.1) is 0 Å². The summed E-state index contributed by atoms with van der Waals surface area (Å²) in [5.41, 5.74) is 6.07. The third-order valence-corrected chi connectivity index (χ3v) is 3.22. The molecule has 2 rings (SSSR count). The van der Waals surface area contributed by atoms with Crippen molar-refractivity contribution in [1.29, 1.82) is 0 Å². The lowest BCUT2D eigenvalue weighted by Crippen LogP contribution is -1.95. The van der Waals surface area contributed by atoms with E-state index >= 15 is 0 Å². The predicted octanol–water partition coefficient (Wildman–Crippen LogP) is 1.33. The Morgan fingerprint density at radius 3 is 2.31 bits per heavy atom. The lowest BCUT2D eigenvalue weighted by atomic mass is 10.2. The maximum absolute atomic E-state index is 11.2. The van der Waals surface area contributed by atoms with Crippen molar-refractivity contribution in [1.82, 2.24) is 4.98 Å². The first-order valence-corrected chi connectivity index (χ1v) is 6.38. The molecule has 0 aliphatic heterocycles. The van der Waals surface area contributed by atoms with Gasteiger partial charge in [0.2, 0.25) is 0 Å². The zero-order chi connectivity index (χ0) is 11.8.